The molecule has 0 spiro atoms. The van der Waals surface area contributed by atoms with Crippen molar-refractivity contribution in [3.05, 3.63) is 58.1 Å². The van der Waals surface area contributed by atoms with Gasteiger partial charge >= 0.3 is 0 Å². The second kappa shape index (κ2) is 8.72. The number of nitrogens with one attached hydrogen (secondary N) is 1. The summed E-state index contributed by atoms with van der Waals surface area (Å²) in [7, 11) is 1.51. The van der Waals surface area contributed by atoms with Crippen LogP contribution in [0.1, 0.15) is 23.6 Å². The van der Waals surface area contributed by atoms with E-state index in [2.05, 4.69) is 5.32 Å². The largest absolute Gasteiger partial charge is 0.495 e. The van der Waals surface area contributed by atoms with Crippen molar-refractivity contribution in [1.82, 2.24) is 4.90 Å². The summed E-state index contributed by atoms with van der Waals surface area (Å²) in [6, 6.07) is 11.3. The fourth-order valence-electron chi connectivity index (χ4n) is 2.60. The first-order valence-corrected chi connectivity index (χ1v) is 8.63. The smallest absolute Gasteiger partial charge is 0.244 e. The Morgan fingerprint density at radius 3 is 2.54 bits per heavy atom. The van der Waals surface area contributed by atoms with Crippen LogP contribution in [0.2, 0.25) is 5.02 Å². The first-order valence-electron chi connectivity index (χ1n) is 8.25. The maximum atomic E-state index is 12.5. The van der Waals surface area contributed by atoms with Gasteiger partial charge in [-0.3, -0.25) is 9.59 Å². The molecule has 0 aliphatic rings. The lowest BCUT2D eigenvalue weighted by molar-refractivity contribution is -0.133. The number of rotatable bonds is 6. The Morgan fingerprint density at radius 1 is 1.19 bits per heavy atom. The van der Waals surface area contributed by atoms with Crippen molar-refractivity contribution in [2.75, 3.05) is 19.0 Å². The van der Waals surface area contributed by atoms with Gasteiger partial charge in [-0.1, -0.05) is 41.4 Å². The number of hydrogen-bond acceptors (Lipinski definition) is 3. The van der Waals surface area contributed by atoms with Crippen LogP contribution in [0.25, 0.3) is 0 Å². The molecule has 5 nitrogen and oxygen atoms in total. The van der Waals surface area contributed by atoms with E-state index in [9.17, 15) is 9.59 Å². The van der Waals surface area contributed by atoms with E-state index in [1.54, 1.807) is 12.1 Å². The quantitative estimate of drug-likeness (QED) is 0.832. The second-order valence-corrected chi connectivity index (χ2v) is 6.62. The summed E-state index contributed by atoms with van der Waals surface area (Å²) in [5.74, 6) is 0.00999. The van der Waals surface area contributed by atoms with Crippen LogP contribution in [-0.2, 0) is 16.1 Å². The maximum Gasteiger partial charge on any atom is 0.244 e. The van der Waals surface area contributed by atoms with E-state index in [1.165, 1.54) is 18.9 Å². The Kier molecular flexibility index (Phi) is 6.64. The summed E-state index contributed by atoms with van der Waals surface area (Å²) in [5.41, 5.74) is 3.44. The van der Waals surface area contributed by atoms with E-state index in [0.717, 1.165) is 16.7 Å². The Bertz CT molecular complexity index is 821. The number of nitrogens with zero attached hydrogens (tertiary/aromatic N) is 1. The predicted molar refractivity (Wildman–Crippen MR) is 104 cm³/mol. The number of methoxy groups -OCH3 is 1. The van der Waals surface area contributed by atoms with Gasteiger partial charge in [0, 0.05) is 24.6 Å². The molecule has 2 amide bonds. The van der Waals surface area contributed by atoms with Gasteiger partial charge in [-0.2, -0.15) is 0 Å². The van der Waals surface area contributed by atoms with Gasteiger partial charge in [0.2, 0.25) is 11.8 Å². The van der Waals surface area contributed by atoms with Gasteiger partial charge < -0.3 is 15.0 Å². The molecular formula is C20H23ClN2O3. The van der Waals surface area contributed by atoms with Crippen molar-refractivity contribution >= 4 is 29.1 Å². The number of aryl methyl sites for hydroxylation is 2. The van der Waals surface area contributed by atoms with E-state index in [1.807, 2.05) is 38.1 Å². The molecular weight excluding hydrogens is 352 g/mol. The topological polar surface area (TPSA) is 58.6 Å². The zero-order valence-electron chi connectivity index (χ0n) is 15.4. The normalized spacial score (nSPS) is 10.3. The van der Waals surface area contributed by atoms with Crippen LogP contribution in [0.3, 0.4) is 0 Å². The highest BCUT2D eigenvalue weighted by Gasteiger charge is 2.16. The third-order valence-corrected chi connectivity index (χ3v) is 4.40. The minimum absolute atomic E-state index is 0.0475. The van der Waals surface area contributed by atoms with Gasteiger partial charge in [-0.25, -0.2) is 0 Å². The van der Waals surface area contributed by atoms with Gasteiger partial charge in [0.25, 0.3) is 0 Å². The van der Waals surface area contributed by atoms with Gasteiger partial charge in [-0.15, -0.1) is 0 Å². The molecule has 1 N–H and O–H groups in total. The number of carbonyl (C=O) groups is 2. The maximum absolute atomic E-state index is 12.5. The SMILES string of the molecule is COc1cc(Cl)c(C)cc1NC(=O)CN(Cc1cccc(C)c1)C(C)=O. The van der Waals surface area contributed by atoms with E-state index < -0.39 is 0 Å². The first kappa shape index (κ1) is 19.8. The Labute approximate surface area is 158 Å². The zero-order chi connectivity index (χ0) is 19.3. The van der Waals surface area contributed by atoms with Crippen molar-refractivity contribution in [2.45, 2.75) is 27.3 Å². The molecule has 0 saturated carbocycles. The van der Waals surface area contributed by atoms with E-state index in [-0.39, 0.29) is 18.4 Å². The summed E-state index contributed by atoms with van der Waals surface area (Å²) in [4.78, 5) is 25.9. The highest BCUT2D eigenvalue weighted by atomic mass is 35.5. The van der Waals surface area contributed by atoms with E-state index >= 15 is 0 Å². The van der Waals surface area contributed by atoms with Crippen LogP contribution in [0.4, 0.5) is 5.69 Å². The number of ether oxygens (including phenoxy) is 1. The van der Waals surface area contributed by atoms with Crippen molar-refractivity contribution in [1.29, 1.82) is 0 Å². The molecule has 0 heterocycles. The van der Waals surface area contributed by atoms with Crippen LogP contribution >= 0.6 is 11.6 Å². The average Bonchev–Trinajstić information content (AvgIpc) is 2.57. The molecule has 26 heavy (non-hydrogen) atoms. The lowest BCUT2D eigenvalue weighted by Crippen LogP contribution is -2.36. The predicted octanol–water partition coefficient (Wildman–Crippen LogP) is 3.95. The van der Waals surface area contributed by atoms with Crippen LogP contribution in [0, 0.1) is 13.8 Å². The second-order valence-electron chi connectivity index (χ2n) is 6.21. The summed E-state index contributed by atoms with van der Waals surface area (Å²) in [6.07, 6.45) is 0. The van der Waals surface area contributed by atoms with Crippen LogP contribution in [-0.4, -0.2) is 30.4 Å². The van der Waals surface area contributed by atoms with Crippen molar-refractivity contribution in [3.8, 4) is 5.75 Å². The van der Waals surface area contributed by atoms with Crippen molar-refractivity contribution < 1.29 is 14.3 Å². The molecule has 0 unspecified atom stereocenters. The van der Waals surface area contributed by atoms with Gasteiger partial charge in [0.1, 0.15) is 12.3 Å². The fourth-order valence-corrected chi connectivity index (χ4v) is 2.76. The van der Waals surface area contributed by atoms with Crippen LogP contribution in [0.15, 0.2) is 36.4 Å². The molecule has 138 valence electrons. The first-order chi connectivity index (χ1) is 12.3. The third kappa shape index (κ3) is 5.23. The number of anilines is 1. The number of benzene rings is 2. The van der Waals surface area contributed by atoms with Gasteiger partial charge in [-0.05, 0) is 31.0 Å². The molecule has 0 atom stereocenters. The third-order valence-electron chi connectivity index (χ3n) is 3.99. The molecule has 0 aliphatic carbocycles. The molecule has 6 heteroatoms. The molecule has 0 aromatic heterocycles. The lowest BCUT2D eigenvalue weighted by atomic mass is 10.1. The standard InChI is InChI=1S/C20H23ClN2O3/c1-13-6-5-7-16(8-13)11-23(15(3)24)12-20(25)22-18-9-14(2)17(21)10-19(18)26-4/h5-10H,11-12H2,1-4H3,(H,22,25). The number of carbonyl (C=O) groups excluding carboxylic acids is 2. The molecule has 0 aliphatic heterocycles. The average molecular weight is 375 g/mol. The van der Waals surface area contributed by atoms with Crippen LogP contribution < -0.4 is 10.1 Å². The summed E-state index contributed by atoms with van der Waals surface area (Å²) < 4.78 is 5.26. The highest BCUT2D eigenvalue weighted by Crippen LogP contribution is 2.30. The Morgan fingerprint density at radius 2 is 1.92 bits per heavy atom. The number of halogens is 1. The number of amides is 2. The monoisotopic (exact) mass is 374 g/mol. The summed E-state index contributed by atoms with van der Waals surface area (Å²) >= 11 is 6.08. The minimum Gasteiger partial charge on any atom is -0.495 e. The highest BCUT2D eigenvalue weighted by molar-refractivity contribution is 6.31. The summed E-state index contributed by atoms with van der Waals surface area (Å²) in [6.45, 7) is 5.62. The zero-order valence-corrected chi connectivity index (χ0v) is 16.2. The molecule has 2 aromatic carbocycles. The molecule has 2 aromatic rings. The Hall–Kier alpha value is -2.53. The minimum atomic E-state index is -0.298. The Balaban J connectivity index is 2.11. The molecule has 0 bridgehead atoms. The molecule has 0 radical (unpaired) electrons. The van der Waals surface area contributed by atoms with E-state index in [0.29, 0.717) is 23.0 Å². The van der Waals surface area contributed by atoms with Crippen molar-refractivity contribution in [3.63, 3.8) is 0 Å². The number of hydrogen-bond donors (Lipinski definition) is 1. The summed E-state index contributed by atoms with van der Waals surface area (Å²) in [5, 5.41) is 3.36. The molecule has 0 fully saturated rings. The van der Waals surface area contributed by atoms with Gasteiger partial charge in [0.05, 0.1) is 12.8 Å². The fraction of sp³-hybridized carbons (Fsp3) is 0.300. The van der Waals surface area contributed by atoms with E-state index in [4.69, 9.17) is 16.3 Å². The van der Waals surface area contributed by atoms with Crippen LogP contribution in [0.5, 0.6) is 5.75 Å². The lowest BCUT2D eigenvalue weighted by Gasteiger charge is -2.21. The molecule has 0 saturated heterocycles. The van der Waals surface area contributed by atoms with Crippen molar-refractivity contribution in [2.24, 2.45) is 0 Å². The molecule has 2 rings (SSSR count). The van der Waals surface area contributed by atoms with Gasteiger partial charge in [0.15, 0.2) is 0 Å².